The number of aryl methyl sites for hydroxylation is 1. The number of ether oxygens (including phenoxy) is 2. The molecule has 6 heterocycles. The van der Waals surface area contributed by atoms with Crippen molar-refractivity contribution in [1.82, 2.24) is 30.0 Å². The first-order chi connectivity index (χ1) is 22.3. The molecule has 0 saturated carbocycles. The lowest BCUT2D eigenvalue weighted by atomic mass is 9.72. The Kier molecular flexibility index (Phi) is 7.81. The van der Waals surface area contributed by atoms with E-state index in [0.29, 0.717) is 30.0 Å². The number of halogens is 4. The van der Waals surface area contributed by atoms with Gasteiger partial charge in [0.05, 0.1) is 36.3 Å². The van der Waals surface area contributed by atoms with Crippen LogP contribution >= 0.6 is 11.3 Å². The number of fused-ring (bicyclic) bond motifs is 2. The number of nitrogens with two attached hydrogens (primary N) is 1. The maximum atomic E-state index is 14.4. The van der Waals surface area contributed by atoms with Crippen LogP contribution in [0.25, 0.3) is 11.6 Å². The second-order valence-electron chi connectivity index (χ2n) is 13.0. The van der Waals surface area contributed by atoms with Gasteiger partial charge in [0.1, 0.15) is 23.8 Å². The standard InChI is InChI=1S/C29H33F4N9O4S/c1-26(5-2-4-18-19(26)17(11-34)20(35)47-18)23-36-22(40-46-23)21-37-24(41-8-9-44-15-28(43,13-41)29(31,32)33)39-25(38-21)45-14-27-6-3-7-42(27)12-16(30)10-27/h16,43H,2-10,12-15,35H2,1H3/t16-,26+,27+,28-/m1/s1. The number of nitriles is 1. The van der Waals surface area contributed by atoms with Crippen LogP contribution in [-0.2, 0) is 16.6 Å². The number of thiophene rings is 1. The minimum atomic E-state index is -4.99. The van der Waals surface area contributed by atoms with Crippen molar-refractivity contribution in [3.05, 3.63) is 21.9 Å². The summed E-state index contributed by atoms with van der Waals surface area (Å²) in [7, 11) is 0. The number of aliphatic hydroxyl groups is 1. The molecule has 47 heavy (non-hydrogen) atoms. The summed E-state index contributed by atoms with van der Waals surface area (Å²) in [4.78, 5) is 21.9. The molecular formula is C29H33F4N9O4S. The molecule has 0 aromatic carbocycles. The van der Waals surface area contributed by atoms with Crippen LogP contribution in [-0.4, -0.2) is 105 Å². The molecule has 0 bridgehead atoms. The summed E-state index contributed by atoms with van der Waals surface area (Å²) in [5.41, 5.74) is 2.70. The van der Waals surface area contributed by atoms with Crippen molar-refractivity contribution in [2.45, 2.75) is 74.4 Å². The number of alkyl halides is 4. The summed E-state index contributed by atoms with van der Waals surface area (Å²) in [5, 5.41) is 24.9. The summed E-state index contributed by atoms with van der Waals surface area (Å²) in [5.74, 6) is -0.238. The molecule has 7 rings (SSSR count). The molecular weight excluding hydrogens is 646 g/mol. The van der Waals surface area contributed by atoms with Crippen LogP contribution in [0.3, 0.4) is 0 Å². The van der Waals surface area contributed by atoms with Gasteiger partial charge in [-0.15, -0.1) is 11.3 Å². The SMILES string of the molecule is C[C@]1(c2nc(-c3nc(OC[C@@]45CCCN4C[C@H](F)C5)nc(N4CCOC[C@@](O)(C(F)(F)F)C4)n3)no2)CCCc2sc(N)c(C#N)c21. The third-order valence-electron chi connectivity index (χ3n) is 9.79. The van der Waals surface area contributed by atoms with Crippen LogP contribution in [0.4, 0.5) is 28.5 Å². The topological polar surface area (TPSA) is 173 Å². The normalized spacial score (nSPS) is 29.7. The second kappa shape index (κ2) is 11.5. The van der Waals surface area contributed by atoms with E-state index in [1.165, 1.54) is 11.3 Å². The predicted octanol–water partition coefficient (Wildman–Crippen LogP) is 3.16. The highest BCUT2D eigenvalue weighted by Gasteiger charge is 2.56. The van der Waals surface area contributed by atoms with Gasteiger partial charge in [-0.1, -0.05) is 5.16 Å². The van der Waals surface area contributed by atoms with Gasteiger partial charge in [0.15, 0.2) is 0 Å². The van der Waals surface area contributed by atoms with E-state index in [0.717, 1.165) is 41.1 Å². The number of hydrogen-bond donors (Lipinski definition) is 2. The van der Waals surface area contributed by atoms with E-state index in [1.54, 1.807) is 0 Å². The smallest absolute Gasteiger partial charge is 0.421 e. The Hall–Kier alpha value is -3.66. The first kappa shape index (κ1) is 31.9. The van der Waals surface area contributed by atoms with E-state index >= 15 is 0 Å². The van der Waals surface area contributed by atoms with Crippen LogP contribution in [0.1, 0.15) is 60.9 Å². The highest BCUT2D eigenvalue weighted by atomic mass is 32.1. The lowest BCUT2D eigenvalue weighted by Gasteiger charge is -2.32. The molecule has 0 amide bonds. The fourth-order valence-electron chi connectivity index (χ4n) is 7.35. The van der Waals surface area contributed by atoms with E-state index < -0.39 is 42.1 Å². The average Bonchev–Trinajstić information content (AvgIpc) is 3.77. The molecule has 3 fully saturated rings. The second-order valence-corrected chi connectivity index (χ2v) is 14.1. The lowest BCUT2D eigenvalue weighted by molar-refractivity contribution is -0.267. The van der Waals surface area contributed by atoms with E-state index in [2.05, 4.69) is 31.2 Å². The Bertz CT molecular complexity index is 1720. The van der Waals surface area contributed by atoms with Crippen LogP contribution in [0.15, 0.2) is 4.52 Å². The molecule has 0 radical (unpaired) electrons. The quantitative estimate of drug-likeness (QED) is 0.364. The van der Waals surface area contributed by atoms with Crippen molar-refractivity contribution in [2.75, 3.05) is 56.6 Å². The minimum absolute atomic E-state index is 0.0563. The van der Waals surface area contributed by atoms with Crippen molar-refractivity contribution >= 4 is 22.3 Å². The number of nitrogens with zero attached hydrogens (tertiary/aromatic N) is 8. The number of aromatic nitrogens is 5. The first-order valence-electron chi connectivity index (χ1n) is 15.4. The van der Waals surface area contributed by atoms with Crippen molar-refractivity contribution in [3.63, 3.8) is 0 Å². The molecule has 18 heteroatoms. The lowest BCUT2D eigenvalue weighted by Crippen LogP contribution is -2.55. The highest BCUT2D eigenvalue weighted by Crippen LogP contribution is 2.48. The van der Waals surface area contributed by atoms with E-state index in [4.69, 9.17) is 19.7 Å². The third-order valence-corrected chi connectivity index (χ3v) is 10.9. The van der Waals surface area contributed by atoms with E-state index in [1.807, 2.05) is 11.8 Å². The fraction of sp³-hybridized carbons (Fsp3) is 0.655. The van der Waals surface area contributed by atoms with Gasteiger partial charge in [0.2, 0.25) is 29.1 Å². The Morgan fingerprint density at radius 2 is 2.00 bits per heavy atom. The van der Waals surface area contributed by atoms with E-state index in [-0.39, 0.29) is 55.7 Å². The fourth-order valence-corrected chi connectivity index (χ4v) is 8.54. The predicted molar refractivity (Wildman–Crippen MR) is 159 cm³/mol. The van der Waals surface area contributed by atoms with Crippen molar-refractivity contribution in [3.8, 4) is 23.7 Å². The first-order valence-corrected chi connectivity index (χ1v) is 16.2. The van der Waals surface area contributed by atoms with Gasteiger partial charge in [-0.2, -0.15) is 38.4 Å². The zero-order chi connectivity index (χ0) is 33.2. The van der Waals surface area contributed by atoms with Crippen LogP contribution in [0, 0.1) is 11.3 Å². The van der Waals surface area contributed by atoms with Gasteiger partial charge in [-0.25, -0.2) is 4.39 Å². The summed E-state index contributed by atoms with van der Waals surface area (Å²) in [6, 6.07) is 1.98. The molecule has 0 spiro atoms. The minimum Gasteiger partial charge on any atom is -0.461 e. The molecule has 4 aliphatic rings. The summed E-state index contributed by atoms with van der Waals surface area (Å²) in [6.07, 6.45) is -1.97. The van der Waals surface area contributed by atoms with E-state index in [9.17, 15) is 27.9 Å². The zero-order valence-corrected chi connectivity index (χ0v) is 26.3. The molecule has 3 aromatic rings. The van der Waals surface area contributed by atoms with Gasteiger partial charge in [-0.05, 0) is 45.6 Å². The maximum absolute atomic E-state index is 14.4. The monoisotopic (exact) mass is 679 g/mol. The number of nitrogen functional groups attached to an aromatic ring is 1. The molecule has 3 aromatic heterocycles. The average molecular weight is 680 g/mol. The molecule has 3 N–H and O–H groups in total. The molecule has 3 aliphatic heterocycles. The summed E-state index contributed by atoms with van der Waals surface area (Å²) in [6.45, 7) is 0.915. The maximum Gasteiger partial charge on any atom is 0.421 e. The largest absolute Gasteiger partial charge is 0.461 e. The Labute approximate surface area is 270 Å². The number of hydrogen-bond acceptors (Lipinski definition) is 14. The number of β-amino-alcohol motifs (C(OH)–C–C–N with tert-alkyl or cyclic N) is 1. The molecule has 1 aliphatic carbocycles. The number of anilines is 2. The van der Waals surface area contributed by atoms with Crippen LogP contribution in [0.2, 0.25) is 0 Å². The van der Waals surface area contributed by atoms with Crippen LogP contribution < -0.4 is 15.4 Å². The van der Waals surface area contributed by atoms with Crippen molar-refractivity contribution in [2.24, 2.45) is 0 Å². The van der Waals surface area contributed by atoms with Gasteiger partial charge in [0.25, 0.3) is 0 Å². The molecule has 0 unspecified atom stereocenters. The van der Waals surface area contributed by atoms with Crippen molar-refractivity contribution in [1.29, 1.82) is 5.26 Å². The van der Waals surface area contributed by atoms with Gasteiger partial charge < -0.3 is 29.7 Å². The van der Waals surface area contributed by atoms with Crippen LogP contribution in [0.5, 0.6) is 6.01 Å². The van der Waals surface area contributed by atoms with Gasteiger partial charge >= 0.3 is 12.2 Å². The Morgan fingerprint density at radius 3 is 2.79 bits per heavy atom. The van der Waals surface area contributed by atoms with Gasteiger partial charge in [-0.3, -0.25) is 4.90 Å². The third kappa shape index (κ3) is 5.46. The molecule has 252 valence electrons. The Morgan fingerprint density at radius 1 is 1.17 bits per heavy atom. The molecule has 3 saturated heterocycles. The van der Waals surface area contributed by atoms with Gasteiger partial charge in [0, 0.05) is 30.0 Å². The van der Waals surface area contributed by atoms with Crippen molar-refractivity contribution < 1.29 is 36.7 Å². The summed E-state index contributed by atoms with van der Waals surface area (Å²) >= 11 is 1.36. The number of rotatable bonds is 6. The summed E-state index contributed by atoms with van der Waals surface area (Å²) < 4.78 is 73.1. The molecule has 4 atom stereocenters. The Balaban J connectivity index is 1.26. The zero-order valence-electron chi connectivity index (χ0n) is 25.5. The molecule has 13 nitrogen and oxygen atoms in total. The highest BCUT2D eigenvalue weighted by molar-refractivity contribution is 7.16.